The Labute approximate surface area is 163 Å². The van der Waals surface area contributed by atoms with Crippen molar-refractivity contribution in [3.8, 4) is 11.3 Å². The normalized spacial score (nSPS) is 11.8. The molecule has 0 aliphatic rings. The lowest BCUT2D eigenvalue weighted by Crippen LogP contribution is -2.31. The molecule has 2 N–H and O–H groups in total. The molecule has 2 aromatic heterocycles. The Morgan fingerprint density at radius 1 is 1.11 bits per heavy atom. The summed E-state index contributed by atoms with van der Waals surface area (Å²) >= 11 is 0. The zero-order valence-corrected chi connectivity index (χ0v) is 16.1. The van der Waals surface area contributed by atoms with Gasteiger partial charge < -0.3 is 19.6 Å². The van der Waals surface area contributed by atoms with Gasteiger partial charge in [0.05, 0.1) is 6.54 Å². The smallest absolute Gasteiger partial charge is 0.287 e. The number of furan rings is 1. The fourth-order valence-electron chi connectivity index (χ4n) is 2.57. The van der Waals surface area contributed by atoms with Crippen molar-refractivity contribution in [2.24, 2.45) is 0 Å². The summed E-state index contributed by atoms with van der Waals surface area (Å²) in [6, 6.07) is 12.2. The van der Waals surface area contributed by atoms with E-state index in [1.807, 2.05) is 13.8 Å². The van der Waals surface area contributed by atoms with Crippen molar-refractivity contribution in [1.82, 2.24) is 15.8 Å². The minimum atomic E-state index is -0.236. The van der Waals surface area contributed by atoms with Gasteiger partial charge in [-0.1, -0.05) is 24.2 Å². The molecule has 0 aliphatic heterocycles. The van der Waals surface area contributed by atoms with E-state index in [0.717, 1.165) is 12.0 Å². The first-order valence-electron chi connectivity index (χ1n) is 9.17. The Kier molecular flexibility index (Phi) is 5.93. The Balaban J connectivity index is 1.62. The Hall–Kier alpha value is -3.35. The molecule has 1 aromatic carbocycles. The van der Waals surface area contributed by atoms with Gasteiger partial charge in [-0.15, -0.1) is 0 Å². The number of hydrogen-bond donors (Lipinski definition) is 2. The van der Waals surface area contributed by atoms with E-state index in [1.54, 1.807) is 49.4 Å². The zero-order chi connectivity index (χ0) is 20.1. The third-order valence-electron chi connectivity index (χ3n) is 4.36. The summed E-state index contributed by atoms with van der Waals surface area (Å²) in [5.74, 6) is 1.09. The van der Waals surface area contributed by atoms with E-state index in [0.29, 0.717) is 29.3 Å². The first-order valence-corrected chi connectivity index (χ1v) is 9.17. The molecule has 3 aromatic rings. The largest absolute Gasteiger partial charge is 0.451 e. The molecule has 1 atom stereocenters. The summed E-state index contributed by atoms with van der Waals surface area (Å²) in [4.78, 5) is 24.4. The van der Waals surface area contributed by atoms with E-state index in [9.17, 15) is 9.59 Å². The van der Waals surface area contributed by atoms with Gasteiger partial charge in [-0.3, -0.25) is 9.59 Å². The molecule has 28 heavy (non-hydrogen) atoms. The minimum absolute atomic E-state index is 0.0833. The lowest BCUT2D eigenvalue weighted by atomic mass is 10.1. The molecule has 0 spiro atoms. The number of aromatic nitrogens is 1. The van der Waals surface area contributed by atoms with Crippen LogP contribution in [0, 0.1) is 6.92 Å². The van der Waals surface area contributed by atoms with E-state index in [2.05, 4.69) is 15.8 Å². The summed E-state index contributed by atoms with van der Waals surface area (Å²) in [7, 11) is 0. The van der Waals surface area contributed by atoms with E-state index >= 15 is 0 Å². The van der Waals surface area contributed by atoms with Gasteiger partial charge >= 0.3 is 0 Å². The van der Waals surface area contributed by atoms with Crippen molar-refractivity contribution >= 4 is 11.8 Å². The van der Waals surface area contributed by atoms with Crippen LogP contribution in [-0.2, 0) is 6.54 Å². The summed E-state index contributed by atoms with van der Waals surface area (Å²) in [6.45, 7) is 6.04. The molecule has 0 fully saturated rings. The van der Waals surface area contributed by atoms with E-state index in [-0.39, 0.29) is 23.6 Å². The maximum atomic E-state index is 12.3. The number of benzene rings is 1. The lowest BCUT2D eigenvalue weighted by molar-refractivity contribution is 0.0910. The van der Waals surface area contributed by atoms with Crippen molar-refractivity contribution in [3.63, 3.8) is 0 Å². The molecular weight excluding hydrogens is 358 g/mol. The van der Waals surface area contributed by atoms with Gasteiger partial charge in [0.2, 0.25) is 0 Å². The van der Waals surface area contributed by atoms with Gasteiger partial charge in [0.15, 0.2) is 5.76 Å². The monoisotopic (exact) mass is 381 g/mol. The second kappa shape index (κ2) is 8.56. The molecule has 2 amide bonds. The number of rotatable bonds is 7. The summed E-state index contributed by atoms with van der Waals surface area (Å²) in [5, 5.41) is 9.50. The third kappa shape index (κ3) is 4.68. The van der Waals surface area contributed by atoms with Gasteiger partial charge in [0.25, 0.3) is 11.8 Å². The molecule has 2 heterocycles. The predicted octanol–water partition coefficient (Wildman–Crippen LogP) is 3.70. The lowest BCUT2D eigenvalue weighted by Gasteiger charge is -2.09. The molecule has 0 saturated carbocycles. The second-order valence-corrected chi connectivity index (χ2v) is 6.64. The van der Waals surface area contributed by atoms with Gasteiger partial charge in [-0.05, 0) is 44.5 Å². The number of hydrogen-bond acceptors (Lipinski definition) is 5. The average Bonchev–Trinajstić information content (AvgIpc) is 3.35. The molecule has 0 aliphatic carbocycles. The SMILES string of the molecule is CC[C@@H](C)NC(=O)c1ccc(-c2ccc(C(=O)NCc3cc(C)on3)cc2)o1. The first kappa shape index (κ1) is 19.4. The van der Waals surface area contributed by atoms with Crippen LogP contribution in [0.3, 0.4) is 0 Å². The van der Waals surface area contributed by atoms with Crippen LogP contribution in [0.25, 0.3) is 11.3 Å². The molecule has 0 radical (unpaired) electrons. The van der Waals surface area contributed by atoms with Crippen LogP contribution in [0.2, 0.25) is 0 Å². The first-order chi connectivity index (χ1) is 13.5. The minimum Gasteiger partial charge on any atom is -0.451 e. The molecule has 0 saturated heterocycles. The van der Waals surface area contributed by atoms with Gasteiger partial charge in [-0.25, -0.2) is 0 Å². The van der Waals surface area contributed by atoms with Crippen LogP contribution in [0.5, 0.6) is 0 Å². The van der Waals surface area contributed by atoms with Crippen molar-refractivity contribution < 1.29 is 18.5 Å². The van der Waals surface area contributed by atoms with Gasteiger partial charge in [0, 0.05) is 23.2 Å². The highest BCUT2D eigenvalue weighted by molar-refractivity contribution is 5.95. The molecule has 0 bridgehead atoms. The van der Waals surface area contributed by atoms with Crippen LogP contribution < -0.4 is 10.6 Å². The molecule has 3 rings (SSSR count). The Morgan fingerprint density at radius 3 is 2.50 bits per heavy atom. The van der Waals surface area contributed by atoms with E-state index in [1.165, 1.54) is 0 Å². The molecule has 146 valence electrons. The number of carbonyl (C=O) groups excluding carboxylic acids is 2. The van der Waals surface area contributed by atoms with E-state index in [4.69, 9.17) is 8.94 Å². The number of nitrogens with one attached hydrogen (secondary N) is 2. The number of carbonyl (C=O) groups is 2. The van der Waals surface area contributed by atoms with Crippen molar-refractivity contribution in [2.75, 3.05) is 0 Å². The maximum Gasteiger partial charge on any atom is 0.287 e. The summed E-state index contributed by atoms with van der Waals surface area (Å²) < 4.78 is 10.6. The van der Waals surface area contributed by atoms with Crippen molar-refractivity contribution in [2.45, 2.75) is 39.8 Å². The predicted molar refractivity (Wildman–Crippen MR) is 104 cm³/mol. The summed E-state index contributed by atoms with van der Waals surface area (Å²) in [5.41, 5.74) is 1.97. The average molecular weight is 381 g/mol. The quantitative estimate of drug-likeness (QED) is 0.650. The fourth-order valence-corrected chi connectivity index (χ4v) is 2.57. The fraction of sp³-hybridized carbons (Fsp3) is 0.286. The van der Waals surface area contributed by atoms with Crippen molar-refractivity contribution in [1.29, 1.82) is 0 Å². The van der Waals surface area contributed by atoms with Crippen LogP contribution >= 0.6 is 0 Å². The van der Waals surface area contributed by atoms with Crippen LogP contribution in [0.15, 0.2) is 51.4 Å². The summed E-state index contributed by atoms with van der Waals surface area (Å²) in [6.07, 6.45) is 0.846. The highest BCUT2D eigenvalue weighted by Crippen LogP contribution is 2.23. The second-order valence-electron chi connectivity index (χ2n) is 6.64. The van der Waals surface area contributed by atoms with Crippen LogP contribution in [0.1, 0.15) is 52.6 Å². The number of nitrogens with zero attached hydrogens (tertiary/aromatic N) is 1. The van der Waals surface area contributed by atoms with E-state index < -0.39 is 0 Å². The van der Waals surface area contributed by atoms with Crippen molar-refractivity contribution in [3.05, 3.63) is 65.2 Å². The third-order valence-corrected chi connectivity index (χ3v) is 4.36. The highest BCUT2D eigenvalue weighted by atomic mass is 16.5. The molecule has 0 unspecified atom stereocenters. The Bertz CT molecular complexity index is 956. The number of aryl methyl sites for hydroxylation is 1. The van der Waals surface area contributed by atoms with Crippen LogP contribution in [-0.4, -0.2) is 23.0 Å². The maximum absolute atomic E-state index is 12.3. The highest BCUT2D eigenvalue weighted by Gasteiger charge is 2.14. The molecular formula is C21H23N3O4. The topological polar surface area (TPSA) is 97.4 Å². The number of amides is 2. The standard InChI is InChI=1S/C21H23N3O4/c1-4-13(2)23-21(26)19-10-9-18(27-19)15-5-7-16(8-6-15)20(25)22-12-17-11-14(3)28-24-17/h5-11,13H,4,12H2,1-3H3,(H,22,25)(H,23,26)/t13-/m1/s1. The molecule has 7 nitrogen and oxygen atoms in total. The van der Waals surface area contributed by atoms with Gasteiger partial charge in [0.1, 0.15) is 17.2 Å². The van der Waals surface area contributed by atoms with Crippen LogP contribution in [0.4, 0.5) is 0 Å². The Morgan fingerprint density at radius 2 is 1.86 bits per heavy atom. The zero-order valence-electron chi connectivity index (χ0n) is 16.1. The van der Waals surface area contributed by atoms with Gasteiger partial charge in [-0.2, -0.15) is 0 Å². The molecule has 7 heteroatoms.